The van der Waals surface area contributed by atoms with Crippen molar-refractivity contribution in [3.05, 3.63) is 143 Å². The van der Waals surface area contributed by atoms with E-state index in [1.54, 1.807) is 84.9 Å². The Morgan fingerprint density at radius 1 is 0.400 bits per heavy atom. The molecule has 4 aromatic rings. The number of ketones is 2. The van der Waals surface area contributed by atoms with Crippen LogP contribution >= 0.6 is 0 Å². The van der Waals surface area contributed by atoms with Crippen LogP contribution in [0, 0.1) is 0 Å². The molecule has 0 unspecified atom stereocenters. The summed E-state index contributed by atoms with van der Waals surface area (Å²) in [5, 5.41) is 18.0. The predicted molar refractivity (Wildman–Crippen MR) is 127 cm³/mol. The monoisotopic (exact) mass is 508 g/mol. The molecule has 0 spiro atoms. The van der Waals surface area contributed by atoms with Crippen molar-refractivity contribution in [2.24, 2.45) is 0 Å². The third kappa shape index (κ3) is 6.83. The molecule has 4 rings (SSSR count). The predicted octanol–water partition coefficient (Wildman–Crippen LogP) is 5.23. The number of carbonyl (C=O) groups excluding carboxylic acids is 2. The van der Waals surface area contributed by atoms with Crippen molar-refractivity contribution in [2.45, 2.75) is 0 Å². The van der Waals surface area contributed by atoms with Crippen LogP contribution in [0.5, 0.6) is 0 Å². The molecule has 2 N–H and O–H groups in total. The minimum absolute atomic E-state index is 0. The number of carboxylic acid groups (broad SMARTS) is 2. The van der Waals surface area contributed by atoms with Gasteiger partial charge in [-0.15, -0.1) is 0 Å². The van der Waals surface area contributed by atoms with Crippen molar-refractivity contribution >= 4 is 23.5 Å². The first-order valence-corrected chi connectivity index (χ1v) is 10.2. The Hall–Kier alpha value is -4.32. The molecule has 176 valence electrons. The van der Waals surface area contributed by atoms with Gasteiger partial charge in [-0.1, -0.05) is 97.1 Å². The summed E-state index contributed by atoms with van der Waals surface area (Å²) >= 11 is 0. The Balaban J connectivity index is 0.000000240. The van der Waals surface area contributed by atoms with Crippen LogP contribution in [-0.2, 0) is 17.1 Å². The summed E-state index contributed by atoms with van der Waals surface area (Å²) in [5.41, 5.74) is 1.46. The summed E-state index contributed by atoms with van der Waals surface area (Å²) in [4.78, 5) is 46.2. The molecule has 0 atom stereocenters. The molecule has 0 heterocycles. The summed E-state index contributed by atoms with van der Waals surface area (Å²) in [7, 11) is 0. The summed E-state index contributed by atoms with van der Waals surface area (Å²) < 4.78 is 0. The van der Waals surface area contributed by atoms with Gasteiger partial charge in [0.2, 0.25) is 0 Å². The average Bonchev–Trinajstić information content (AvgIpc) is 2.89. The van der Waals surface area contributed by atoms with E-state index >= 15 is 0 Å². The van der Waals surface area contributed by atoms with E-state index in [1.807, 2.05) is 0 Å². The van der Waals surface area contributed by atoms with Gasteiger partial charge in [0.05, 0.1) is 11.1 Å². The smallest absolute Gasteiger partial charge is 0.336 e. The van der Waals surface area contributed by atoms with E-state index in [2.05, 4.69) is 0 Å². The molecular weight excluding hydrogens is 488 g/mol. The number of carboxylic acids is 2. The molecule has 0 saturated heterocycles. The molecule has 0 aliphatic heterocycles. The van der Waals surface area contributed by atoms with Crippen molar-refractivity contribution < 1.29 is 46.5 Å². The Morgan fingerprint density at radius 3 is 0.943 bits per heavy atom. The summed E-state index contributed by atoms with van der Waals surface area (Å²) in [5.74, 6) is -2.73. The van der Waals surface area contributed by atoms with Crippen LogP contribution in [0.4, 0.5) is 0 Å². The molecule has 0 aliphatic rings. The summed E-state index contributed by atoms with van der Waals surface area (Å²) in [6.07, 6.45) is 0. The van der Waals surface area contributed by atoms with Gasteiger partial charge >= 0.3 is 11.9 Å². The van der Waals surface area contributed by atoms with Crippen LogP contribution in [0.2, 0.25) is 0 Å². The molecular formula is C28H20FeO6. The number of carbonyl (C=O) groups is 4. The van der Waals surface area contributed by atoms with Crippen LogP contribution < -0.4 is 0 Å². The molecule has 7 heteroatoms. The van der Waals surface area contributed by atoms with Gasteiger partial charge in [-0.3, -0.25) is 9.59 Å². The fourth-order valence-corrected chi connectivity index (χ4v) is 3.23. The maximum Gasteiger partial charge on any atom is 0.336 e. The molecule has 4 aromatic carbocycles. The van der Waals surface area contributed by atoms with Crippen LogP contribution in [-0.4, -0.2) is 33.7 Å². The molecule has 0 amide bonds. The first kappa shape index (κ1) is 26.9. The van der Waals surface area contributed by atoms with E-state index < -0.39 is 11.9 Å². The molecule has 0 radical (unpaired) electrons. The third-order valence-electron chi connectivity index (χ3n) is 4.88. The zero-order valence-corrected chi connectivity index (χ0v) is 19.4. The second kappa shape index (κ2) is 12.8. The van der Waals surface area contributed by atoms with Crippen molar-refractivity contribution in [1.82, 2.24) is 0 Å². The standard InChI is InChI=1S/2C14H10O3.Fe/c2*15-13(10-6-2-1-3-7-10)11-8-4-5-9-12(11)14(16)17;/h2*1-9H,(H,16,17);. The average molecular weight is 508 g/mol. The second-order valence-electron chi connectivity index (χ2n) is 7.09. The molecule has 0 aliphatic carbocycles. The van der Waals surface area contributed by atoms with Gasteiger partial charge < -0.3 is 10.2 Å². The van der Waals surface area contributed by atoms with Gasteiger partial charge in [-0.2, -0.15) is 0 Å². The van der Waals surface area contributed by atoms with E-state index in [9.17, 15) is 19.2 Å². The van der Waals surface area contributed by atoms with Gasteiger partial charge in [0, 0.05) is 39.3 Å². The molecule has 6 nitrogen and oxygen atoms in total. The van der Waals surface area contributed by atoms with E-state index in [4.69, 9.17) is 10.2 Å². The topological polar surface area (TPSA) is 109 Å². The van der Waals surface area contributed by atoms with Crippen LogP contribution in [0.1, 0.15) is 52.6 Å². The molecule has 0 saturated carbocycles. The maximum atomic E-state index is 12.1. The summed E-state index contributed by atoms with van der Waals surface area (Å²) in [6, 6.07) is 29.7. The number of aromatic carboxylic acids is 2. The Bertz CT molecular complexity index is 1230. The molecule has 0 fully saturated rings. The van der Waals surface area contributed by atoms with E-state index in [0.717, 1.165) is 0 Å². The zero-order chi connectivity index (χ0) is 24.5. The number of hydrogen-bond donors (Lipinski definition) is 2. The minimum atomic E-state index is -1.09. The fourth-order valence-electron chi connectivity index (χ4n) is 3.23. The van der Waals surface area contributed by atoms with Gasteiger partial charge in [-0.05, 0) is 12.1 Å². The number of rotatable bonds is 6. The van der Waals surface area contributed by atoms with Crippen molar-refractivity contribution in [3.63, 3.8) is 0 Å². The van der Waals surface area contributed by atoms with E-state index in [0.29, 0.717) is 11.1 Å². The molecule has 0 aromatic heterocycles. The van der Waals surface area contributed by atoms with Crippen molar-refractivity contribution in [2.75, 3.05) is 0 Å². The zero-order valence-electron chi connectivity index (χ0n) is 18.3. The molecule has 0 bridgehead atoms. The van der Waals surface area contributed by atoms with Gasteiger partial charge in [0.15, 0.2) is 11.6 Å². The largest absolute Gasteiger partial charge is 0.478 e. The number of benzene rings is 4. The third-order valence-corrected chi connectivity index (χ3v) is 4.88. The first-order chi connectivity index (χ1) is 16.4. The maximum absolute atomic E-state index is 12.1. The Morgan fingerprint density at radius 2 is 0.657 bits per heavy atom. The van der Waals surface area contributed by atoms with E-state index in [-0.39, 0.29) is 50.9 Å². The Kier molecular flexibility index (Phi) is 9.84. The second-order valence-corrected chi connectivity index (χ2v) is 7.09. The van der Waals surface area contributed by atoms with Crippen molar-refractivity contribution in [1.29, 1.82) is 0 Å². The quantitative estimate of drug-likeness (QED) is 0.273. The SMILES string of the molecule is O=C(O)c1ccccc1C(=O)c1ccccc1.O=C(O)c1ccccc1C(=O)c1ccccc1.[Fe]. The summed E-state index contributed by atoms with van der Waals surface area (Å²) in [6.45, 7) is 0. The minimum Gasteiger partial charge on any atom is -0.478 e. The van der Waals surface area contributed by atoms with Crippen LogP contribution in [0.15, 0.2) is 109 Å². The van der Waals surface area contributed by atoms with Gasteiger partial charge in [0.1, 0.15) is 0 Å². The van der Waals surface area contributed by atoms with Crippen LogP contribution in [0.25, 0.3) is 0 Å². The number of hydrogen-bond acceptors (Lipinski definition) is 4. The fraction of sp³-hybridized carbons (Fsp3) is 0. The van der Waals surface area contributed by atoms with E-state index in [1.165, 1.54) is 24.3 Å². The molecule has 35 heavy (non-hydrogen) atoms. The van der Waals surface area contributed by atoms with Gasteiger partial charge in [-0.25, -0.2) is 9.59 Å². The van der Waals surface area contributed by atoms with Gasteiger partial charge in [0.25, 0.3) is 0 Å². The first-order valence-electron chi connectivity index (χ1n) is 10.2. The Labute approximate surface area is 212 Å². The van der Waals surface area contributed by atoms with Crippen LogP contribution in [0.3, 0.4) is 0 Å². The normalized spacial score (nSPS) is 9.60. The van der Waals surface area contributed by atoms with Crippen molar-refractivity contribution in [3.8, 4) is 0 Å².